The van der Waals surface area contributed by atoms with Crippen LogP contribution in [0.25, 0.3) is 0 Å². The van der Waals surface area contributed by atoms with Crippen LogP contribution in [-0.2, 0) is 14.4 Å². The molecule has 3 rings (SSSR count). The first kappa shape index (κ1) is 35.3. The molecule has 43 heavy (non-hydrogen) atoms. The van der Waals surface area contributed by atoms with Crippen LogP contribution in [0.1, 0.15) is 127 Å². The van der Waals surface area contributed by atoms with Gasteiger partial charge in [0.25, 0.3) is 0 Å². The second-order valence-corrected chi connectivity index (χ2v) is 16.5. The van der Waals surface area contributed by atoms with Gasteiger partial charge in [-0.15, -0.1) is 0 Å². The van der Waals surface area contributed by atoms with Crippen molar-refractivity contribution in [2.75, 3.05) is 6.54 Å². The molecule has 0 aromatic carbocycles. The summed E-state index contributed by atoms with van der Waals surface area (Å²) in [6, 6.07) is 2.15. The molecule has 0 saturated heterocycles. The predicted octanol–water partition coefficient (Wildman–Crippen LogP) is 8.52. The maximum absolute atomic E-state index is 13.4. The number of nitrogens with one attached hydrogen (secondary N) is 1. The van der Waals surface area contributed by atoms with Crippen molar-refractivity contribution in [2.45, 2.75) is 133 Å². The summed E-state index contributed by atoms with van der Waals surface area (Å²) < 4.78 is 39.2. The number of Topliss-reactive ketones (excluding diaryl/α,β-unsaturated/α-hetero) is 2. The van der Waals surface area contributed by atoms with E-state index in [2.05, 4.69) is 46.0 Å². The minimum atomic E-state index is -4.48. The highest BCUT2D eigenvalue weighted by Crippen LogP contribution is 2.69. The number of ketones is 2. The standard InChI is InChI=1S/C35H53F3N2O3/c1-23(41)19-26-33(8)20-24(21-39)27(42)30(4,5)25(33)11-14-34(26,9)32(7)13-10-12-29(2,3)15-16-31(6,17-18-32)28(43)40-22-35(36,37)38/h20,25-26H,10-19,22H2,1-9H3,(H,40,43)/t25-,26+,31-,32-,33-,34+/m0/s1. The SMILES string of the molecule is CC(=O)C[C@@H]1[C@@]2(C)C=C(C#N)C(=O)C(C)(C)[C@@H]2CC[C@@]1(C)[C@@]1(C)CCCC(C)(C)CC[C@](C)(C(=O)NCC(F)(F)F)CC1. The van der Waals surface area contributed by atoms with Crippen molar-refractivity contribution in [3.63, 3.8) is 0 Å². The molecule has 5 nitrogen and oxygen atoms in total. The van der Waals surface area contributed by atoms with Crippen molar-refractivity contribution in [1.29, 1.82) is 5.26 Å². The summed E-state index contributed by atoms with van der Waals surface area (Å²) in [6.45, 7) is 16.9. The molecule has 8 heteroatoms. The molecule has 2 fully saturated rings. The van der Waals surface area contributed by atoms with E-state index >= 15 is 0 Å². The highest BCUT2D eigenvalue weighted by Gasteiger charge is 2.64. The number of alkyl halides is 3. The fourth-order valence-corrected chi connectivity index (χ4v) is 9.31. The Kier molecular flexibility index (Phi) is 9.56. The summed E-state index contributed by atoms with van der Waals surface area (Å²) in [5, 5.41) is 12.1. The fourth-order valence-electron chi connectivity index (χ4n) is 9.31. The van der Waals surface area contributed by atoms with E-state index in [4.69, 9.17) is 0 Å². The molecule has 3 aliphatic carbocycles. The fraction of sp³-hybridized carbons (Fsp3) is 0.829. The molecule has 6 atom stereocenters. The highest BCUT2D eigenvalue weighted by molar-refractivity contribution is 6.04. The van der Waals surface area contributed by atoms with Crippen LogP contribution in [0.5, 0.6) is 0 Å². The van der Waals surface area contributed by atoms with Gasteiger partial charge in [0.1, 0.15) is 18.4 Å². The molecule has 0 aromatic heterocycles. The quantitative estimate of drug-likeness (QED) is 0.340. The number of allylic oxidation sites excluding steroid dienone is 2. The van der Waals surface area contributed by atoms with Crippen LogP contribution in [0.4, 0.5) is 13.2 Å². The Morgan fingerprint density at radius 3 is 2.12 bits per heavy atom. The van der Waals surface area contributed by atoms with Crippen molar-refractivity contribution in [2.24, 2.45) is 44.3 Å². The van der Waals surface area contributed by atoms with Crippen molar-refractivity contribution < 1.29 is 27.6 Å². The summed E-state index contributed by atoms with van der Waals surface area (Å²) in [4.78, 5) is 39.7. The topological polar surface area (TPSA) is 87.0 Å². The zero-order valence-electron chi connectivity index (χ0n) is 27.8. The first-order chi connectivity index (χ1) is 19.5. The molecule has 0 radical (unpaired) electrons. The molecule has 0 bridgehead atoms. The number of hydrogen-bond donors (Lipinski definition) is 1. The molecule has 1 N–H and O–H groups in total. The Hall–Kier alpha value is -2.17. The normalized spacial score (nSPS) is 38.2. The molecule has 0 unspecified atom stereocenters. The number of nitrogens with zero attached hydrogens (tertiary/aromatic N) is 1. The number of hydrogen-bond acceptors (Lipinski definition) is 4. The third-order valence-electron chi connectivity index (χ3n) is 12.5. The zero-order valence-corrected chi connectivity index (χ0v) is 27.8. The monoisotopic (exact) mass is 606 g/mol. The predicted molar refractivity (Wildman–Crippen MR) is 162 cm³/mol. The number of fused-ring (bicyclic) bond motifs is 1. The molecule has 3 aliphatic rings. The minimum Gasteiger partial charge on any atom is -0.347 e. The van der Waals surface area contributed by atoms with Gasteiger partial charge in [0.2, 0.25) is 5.91 Å². The second-order valence-electron chi connectivity index (χ2n) is 16.5. The molecule has 0 aliphatic heterocycles. The van der Waals surface area contributed by atoms with Gasteiger partial charge < -0.3 is 10.1 Å². The smallest absolute Gasteiger partial charge is 0.347 e. The van der Waals surface area contributed by atoms with Gasteiger partial charge in [-0.3, -0.25) is 9.59 Å². The van der Waals surface area contributed by atoms with Crippen LogP contribution < -0.4 is 5.32 Å². The Balaban J connectivity index is 2.12. The molecule has 0 heterocycles. The van der Waals surface area contributed by atoms with E-state index in [0.29, 0.717) is 25.7 Å². The Labute approximate surface area is 256 Å². The molecular formula is C35H53F3N2O3. The molecular weight excluding hydrogens is 553 g/mol. The molecule has 0 spiro atoms. The van der Waals surface area contributed by atoms with E-state index < -0.39 is 34.9 Å². The largest absolute Gasteiger partial charge is 0.405 e. The third kappa shape index (κ3) is 6.76. The first-order valence-corrected chi connectivity index (χ1v) is 16.0. The Morgan fingerprint density at radius 2 is 1.56 bits per heavy atom. The van der Waals surface area contributed by atoms with Gasteiger partial charge in [-0.2, -0.15) is 18.4 Å². The third-order valence-corrected chi connectivity index (χ3v) is 12.5. The number of rotatable bonds is 5. The van der Waals surface area contributed by atoms with Gasteiger partial charge in [-0.25, -0.2) is 0 Å². The van der Waals surface area contributed by atoms with Crippen molar-refractivity contribution in [3.8, 4) is 6.07 Å². The lowest BCUT2D eigenvalue weighted by Gasteiger charge is -2.65. The van der Waals surface area contributed by atoms with Crippen LogP contribution in [0.2, 0.25) is 0 Å². The van der Waals surface area contributed by atoms with Crippen LogP contribution >= 0.6 is 0 Å². The van der Waals surface area contributed by atoms with Gasteiger partial charge >= 0.3 is 6.18 Å². The lowest BCUT2D eigenvalue weighted by Crippen LogP contribution is -2.60. The van der Waals surface area contributed by atoms with Crippen molar-refractivity contribution >= 4 is 17.5 Å². The maximum Gasteiger partial charge on any atom is 0.405 e. The van der Waals surface area contributed by atoms with Crippen LogP contribution in [0, 0.1) is 55.7 Å². The van der Waals surface area contributed by atoms with E-state index in [-0.39, 0.29) is 45.2 Å². The molecule has 1 amide bonds. The highest BCUT2D eigenvalue weighted by atomic mass is 19.4. The summed E-state index contributed by atoms with van der Waals surface area (Å²) in [7, 11) is 0. The van der Waals surface area contributed by atoms with E-state index in [1.807, 2.05) is 26.8 Å². The summed E-state index contributed by atoms with van der Waals surface area (Å²) in [5.74, 6) is -0.837. The first-order valence-electron chi connectivity index (χ1n) is 16.0. The van der Waals surface area contributed by atoms with Gasteiger partial charge in [0.15, 0.2) is 5.78 Å². The van der Waals surface area contributed by atoms with Crippen LogP contribution in [-0.4, -0.2) is 30.2 Å². The van der Waals surface area contributed by atoms with Crippen molar-refractivity contribution in [3.05, 3.63) is 11.6 Å². The number of nitriles is 1. The lowest BCUT2D eigenvalue weighted by atomic mass is 9.38. The second kappa shape index (κ2) is 11.6. The van der Waals surface area contributed by atoms with E-state index in [1.165, 1.54) is 0 Å². The number of carbonyl (C=O) groups is 3. The summed E-state index contributed by atoms with van der Waals surface area (Å²) in [5.41, 5.74) is -2.94. The van der Waals surface area contributed by atoms with Gasteiger partial charge in [-0.05, 0) is 91.8 Å². The van der Waals surface area contributed by atoms with Gasteiger partial charge in [0.05, 0.1) is 5.57 Å². The van der Waals surface area contributed by atoms with Crippen LogP contribution in [0.3, 0.4) is 0 Å². The zero-order chi connectivity index (χ0) is 32.9. The minimum absolute atomic E-state index is 0.0393. The van der Waals surface area contributed by atoms with E-state index in [0.717, 1.165) is 38.5 Å². The molecule has 242 valence electrons. The van der Waals surface area contributed by atoms with E-state index in [9.17, 15) is 32.8 Å². The van der Waals surface area contributed by atoms with Crippen LogP contribution in [0.15, 0.2) is 11.6 Å². The number of carbonyl (C=O) groups excluding carboxylic acids is 3. The lowest BCUT2D eigenvalue weighted by molar-refractivity contribution is -0.161. The summed E-state index contributed by atoms with van der Waals surface area (Å²) in [6.07, 6.45) is 4.30. The maximum atomic E-state index is 13.4. The average molecular weight is 607 g/mol. The van der Waals surface area contributed by atoms with Gasteiger partial charge in [-0.1, -0.05) is 67.9 Å². The van der Waals surface area contributed by atoms with E-state index in [1.54, 1.807) is 6.92 Å². The molecule has 2 saturated carbocycles. The number of halogens is 3. The molecule has 0 aromatic rings. The Bertz CT molecular complexity index is 1200. The Morgan fingerprint density at radius 1 is 0.953 bits per heavy atom. The summed E-state index contributed by atoms with van der Waals surface area (Å²) >= 11 is 0. The number of amides is 1. The van der Waals surface area contributed by atoms with Crippen molar-refractivity contribution in [1.82, 2.24) is 5.32 Å². The average Bonchev–Trinajstić information content (AvgIpc) is 2.88. The van der Waals surface area contributed by atoms with Gasteiger partial charge in [0, 0.05) is 17.3 Å².